The fourth-order valence-corrected chi connectivity index (χ4v) is 0.696. The van der Waals surface area contributed by atoms with Gasteiger partial charge in [0.1, 0.15) is 0 Å². The summed E-state index contributed by atoms with van der Waals surface area (Å²) in [5, 5.41) is 0. The summed E-state index contributed by atoms with van der Waals surface area (Å²) in [7, 11) is 1.84. The van der Waals surface area contributed by atoms with Gasteiger partial charge in [-0.05, 0) is 6.08 Å². The summed E-state index contributed by atoms with van der Waals surface area (Å²) < 4.78 is 1.79. The molecule has 0 unspecified atom stereocenters. The average molecular weight is 151 g/mol. The molecule has 0 radical (unpaired) electrons. The third-order valence-electron chi connectivity index (χ3n) is 1.27. The number of primary amides is 1. The van der Waals surface area contributed by atoms with Crippen LogP contribution >= 0.6 is 0 Å². The number of aryl methyl sites for hydroxylation is 1. The fourth-order valence-electron chi connectivity index (χ4n) is 0.696. The first kappa shape index (κ1) is 7.53. The Balaban J connectivity index is 2.79. The Labute approximate surface area is 64.3 Å². The summed E-state index contributed by atoms with van der Waals surface area (Å²) in [6, 6.07) is 0. The van der Waals surface area contributed by atoms with Gasteiger partial charge in [0.05, 0.1) is 18.2 Å². The second-order valence-corrected chi connectivity index (χ2v) is 2.17. The minimum Gasteiger partial charge on any atom is -0.366 e. The molecule has 0 fully saturated rings. The van der Waals surface area contributed by atoms with Gasteiger partial charge >= 0.3 is 0 Å². The Kier molecular flexibility index (Phi) is 2.06. The van der Waals surface area contributed by atoms with E-state index in [2.05, 4.69) is 4.98 Å². The predicted molar refractivity (Wildman–Crippen MR) is 41.4 cm³/mol. The van der Waals surface area contributed by atoms with Crippen LogP contribution in [0.4, 0.5) is 0 Å². The van der Waals surface area contributed by atoms with Gasteiger partial charge in [0.15, 0.2) is 0 Å². The molecule has 1 amide bonds. The lowest BCUT2D eigenvalue weighted by molar-refractivity contribution is -0.113. The molecule has 1 aromatic heterocycles. The van der Waals surface area contributed by atoms with Gasteiger partial charge in [0.2, 0.25) is 5.91 Å². The first-order valence-corrected chi connectivity index (χ1v) is 3.14. The highest BCUT2D eigenvalue weighted by molar-refractivity contribution is 5.89. The van der Waals surface area contributed by atoms with Crippen molar-refractivity contribution in [2.75, 3.05) is 0 Å². The Morgan fingerprint density at radius 1 is 1.82 bits per heavy atom. The number of hydrogen-bond acceptors (Lipinski definition) is 2. The number of hydrogen-bond donors (Lipinski definition) is 1. The molecule has 11 heavy (non-hydrogen) atoms. The standard InChI is InChI=1S/C7H9N3O/c1-10-5-9-4-6(10)2-3-7(8)11/h2-5H,1H3,(H2,8,11). The van der Waals surface area contributed by atoms with E-state index in [1.54, 1.807) is 23.2 Å². The maximum absolute atomic E-state index is 10.3. The third kappa shape index (κ3) is 1.93. The quantitative estimate of drug-likeness (QED) is 0.601. The third-order valence-corrected chi connectivity index (χ3v) is 1.27. The highest BCUT2D eigenvalue weighted by Gasteiger charge is 1.91. The molecular formula is C7H9N3O. The van der Waals surface area contributed by atoms with E-state index in [1.165, 1.54) is 6.08 Å². The smallest absolute Gasteiger partial charge is 0.241 e. The Morgan fingerprint density at radius 2 is 2.55 bits per heavy atom. The van der Waals surface area contributed by atoms with Crippen LogP contribution < -0.4 is 5.73 Å². The van der Waals surface area contributed by atoms with E-state index in [0.29, 0.717) is 0 Å². The number of rotatable bonds is 2. The molecule has 1 rings (SSSR count). The Morgan fingerprint density at radius 3 is 3.00 bits per heavy atom. The molecule has 0 aliphatic heterocycles. The normalized spacial score (nSPS) is 10.6. The molecule has 2 N–H and O–H groups in total. The van der Waals surface area contributed by atoms with Gasteiger partial charge in [-0.1, -0.05) is 0 Å². The number of carbonyl (C=O) groups excluding carboxylic acids is 1. The second kappa shape index (κ2) is 3.01. The van der Waals surface area contributed by atoms with E-state index in [4.69, 9.17) is 5.73 Å². The number of nitrogens with zero attached hydrogens (tertiary/aromatic N) is 2. The molecule has 0 bridgehead atoms. The van der Waals surface area contributed by atoms with E-state index in [0.717, 1.165) is 5.69 Å². The van der Waals surface area contributed by atoms with Crippen molar-refractivity contribution in [1.82, 2.24) is 9.55 Å². The van der Waals surface area contributed by atoms with Gasteiger partial charge < -0.3 is 10.3 Å². The summed E-state index contributed by atoms with van der Waals surface area (Å²) in [6.07, 6.45) is 6.23. The van der Waals surface area contributed by atoms with Crippen LogP contribution in [0.25, 0.3) is 6.08 Å². The van der Waals surface area contributed by atoms with Gasteiger partial charge in [-0.25, -0.2) is 4.98 Å². The van der Waals surface area contributed by atoms with Gasteiger partial charge in [0.25, 0.3) is 0 Å². The van der Waals surface area contributed by atoms with Gasteiger partial charge in [-0.3, -0.25) is 4.79 Å². The first-order valence-electron chi connectivity index (χ1n) is 3.14. The van der Waals surface area contributed by atoms with Crippen molar-refractivity contribution >= 4 is 12.0 Å². The minimum atomic E-state index is -0.453. The Bertz CT molecular complexity index is 288. The summed E-state index contributed by atoms with van der Waals surface area (Å²) >= 11 is 0. The van der Waals surface area contributed by atoms with Crippen LogP contribution in [0.2, 0.25) is 0 Å². The highest BCUT2D eigenvalue weighted by atomic mass is 16.1. The lowest BCUT2D eigenvalue weighted by atomic mass is 10.4. The molecule has 0 saturated carbocycles. The van der Waals surface area contributed by atoms with Gasteiger partial charge in [-0.2, -0.15) is 0 Å². The van der Waals surface area contributed by atoms with Crippen LogP contribution in [-0.4, -0.2) is 15.5 Å². The zero-order valence-electron chi connectivity index (χ0n) is 6.19. The predicted octanol–water partition coefficient (Wildman–Crippen LogP) is -0.0814. The second-order valence-electron chi connectivity index (χ2n) is 2.17. The maximum atomic E-state index is 10.3. The fraction of sp³-hybridized carbons (Fsp3) is 0.143. The van der Waals surface area contributed by atoms with E-state index in [-0.39, 0.29) is 0 Å². The number of nitrogens with two attached hydrogens (primary N) is 1. The molecule has 0 aromatic carbocycles. The SMILES string of the molecule is Cn1cncc1C=CC(N)=O. The number of carbonyl (C=O) groups is 1. The molecule has 58 valence electrons. The van der Waals surface area contributed by atoms with Gasteiger partial charge in [0, 0.05) is 13.1 Å². The molecule has 0 aliphatic carbocycles. The summed E-state index contributed by atoms with van der Waals surface area (Å²) in [6.45, 7) is 0. The highest BCUT2D eigenvalue weighted by Crippen LogP contribution is 1.97. The van der Waals surface area contributed by atoms with E-state index in [1.807, 2.05) is 7.05 Å². The van der Waals surface area contributed by atoms with Crippen molar-refractivity contribution in [1.29, 1.82) is 0 Å². The van der Waals surface area contributed by atoms with Crippen molar-refractivity contribution < 1.29 is 4.79 Å². The van der Waals surface area contributed by atoms with Crippen LogP contribution in [0.3, 0.4) is 0 Å². The molecular weight excluding hydrogens is 142 g/mol. The van der Waals surface area contributed by atoms with Crippen molar-refractivity contribution in [3.05, 3.63) is 24.3 Å². The molecule has 4 nitrogen and oxygen atoms in total. The first-order chi connectivity index (χ1) is 5.20. The number of imidazole rings is 1. The van der Waals surface area contributed by atoms with Crippen molar-refractivity contribution in [2.45, 2.75) is 0 Å². The van der Waals surface area contributed by atoms with Crippen molar-refractivity contribution in [2.24, 2.45) is 12.8 Å². The number of amides is 1. The van der Waals surface area contributed by atoms with Crippen LogP contribution in [0.1, 0.15) is 5.69 Å². The summed E-state index contributed by atoms with van der Waals surface area (Å²) in [5.41, 5.74) is 5.75. The van der Waals surface area contributed by atoms with E-state index < -0.39 is 5.91 Å². The van der Waals surface area contributed by atoms with Crippen molar-refractivity contribution in [3.63, 3.8) is 0 Å². The molecule has 1 aromatic rings. The summed E-state index contributed by atoms with van der Waals surface area (Å²) in [4.78, 5) is 14.2. The van der Waals surface area contributed by atoms with Crippen LogP contribution in [0, 0.1) is 0 Å². The van der Waals surface area contributed by atoms with Crippen LogP contribution in [0.5, 0.6) is 0 Å². The molecule has 0 spiro atoms. The minimum absolute atomic E-state index is 0.453. The van der Waals surface area contributed by atoms with Crippen LogP contribution in [-0.2, 0) is 11.8 Å². The van der Waals surface area contributed by atoms with E-state index >= 15 is 0 Å². The molecule has 0 saturated heterocycles. The zero-order valence-corrected chi connectivity index (χ0v) is 6.19. The maximum Gasteiger partial charge on any atom is 0.241 e. The molecule has 0 atom stereocenters. The summed E-state index contributed by atoms with van der Waals surface area (Å²) in [5.74, 6) is -0.453. The van der Waals surface area contributed by atoms with Gasteiger partial charge in [-0.15, -0.1) is 0 Å². The molecule has 4 heteroatoms. The molecule has 1 heterocycles. The average Bonchev–Trinajstić information content (AvgIpc) is 2.31. The lowest BCUT2D eigenvalue weighted by Crippen LogP contribution is -2.05. The number of aromatic nitrogens is 2. The lowest BCUT2D eigenvalue weighted by Gasteiger charge is -1.91. The van der Waals surface area contributed by atoms with Crippen molar-refractivity contribution in [3.8, 4) is 0 Å². The topological polar surface area (TPSA) is 60.9 Å². The monoisotopic (exact) mass is 151 g/mol. The zero-order chi connectivity index (χ0) is 8.27. The largest absolute Gasteiger partial charge is 0.366 e. The molecule has 0 aliphatic rings. The van der Waals surface area contributed by atoms with Crippen LogP contribution in [0.15, 0.2) is 18.6 Å². The Hall–Kier alpha value is -1.58. The van der Waals surface area contributed by atoms with E-state index in [9.17, 15) is 4.79 Å².